The van der Waals surface area contributed by atoms with E-state index in [-0.39, 0.29) is 17.7 Å². The molecule has 0 saturated heterocycles. The van der Waals surface area contributed by atoms with Crippen molar-refractivity contribution in [1.29, 1.82) is 0 Å². The number of aromatic nitrogens is 2. The molecule has 17 heavy (non-hydrogen) atoms. The summed E-state index contributed by atoms with van der Waals surface area (Å²) >= 11 is 17.9. The molecule has 0 aliphatic heterocycles. The number of nitrogens with zero attached hydrogens (tertiary/aromatic N) is 2. The van der Waals surface area contributed by atoms with Gasteiger partial charge in [-0.25, -0.2) is 4.98 Å². The van der Waals surface area contributed by atoms with E-state index in [1.54, 1.807) is 30.8 Å². The Kier molecular flexibility index (Phi) is 5.10. The molecule has 0 saturated carbocycles. The summed E-state index contributed by atoms with van der Waals surface area (Å²) in [6.07, 6.45) is 4.11. The van der Waals surface area contributed by atoms with Crippen molar-refractivity contribution in [3.63, 3.8) is 0 Å². The second-order valence-corrected chi connectivity index (χ2v) is 5.78. The summed E-state index contributed by atoms with van der Waals surface area (Å²) in [5.74, 6) is -0.336. The molecule has 0 fully saturated rings. The molecule has 1 amide bonds. The average Bonchev–Trinajstić information content (AvgIpc) is 2.78. The van der Waals surface area contributed by atoms with Gasteiger partial charge in [0.05, 0.1) is 12.2 Å². The molecule has 1 aromatic heterocycles. The molecule has 0 radical (unpaired) electrons. The number of nitrogens with one attached hydrogen (secondary N) is 1. The standard InChI is InChI=1S/C10H14Cl3N3O/c1-7(2)8(17)15-9(10(12,13)5-11)16-4-3-14-6-16/h3-4,6-7,9H,5H2,1-2H3,(H,15,17). The number of carbonyl (C=O) groups is 1. The van der Waals surface area contributed by atoms with Crippen LogP contribution in [0.15, 0.2) is 18.7 Å². The zero-order valence-corrected chi connectivity index (χ0v) is 11.8. The van der Waals surface area contributed by atoms with Gasteiger partial charge in [-0.2, -0.15) is 0 Å². The zero-order valence-electron chi connectivity index (χ0n) is 9.53. The van der Waals surface area contributed by atoms with E-state index < -0.39 is 10.5 Å². The predicted octanol–water partition coefficient (Wildman–Crippen LogP) is 2.57. The Morgan fingerprint density at radius 3 is 2.59 bits per heavy atom. The lowest BCUT2D eigenvalue weighted by Gasteiger charge is -2.30. The second kappa shape index (κ2) is 5.94. The molecule has 7 heteroatoms. The minimum Gasteiger partial charge on any atom is -0.333 e. The molecule has 0 aliphatic rings. The van der Waals surface area contributed by atoms with Crippen LogP contribution in [0.4, 0.5) is 0 Å². The van der Waals surface area contributed by atoms with E-state index in [1.807, 2.05) is 0 Å². The highest BCUT2D eigenvalue weighted by Gasteiger charge is 2.37. The topological polar surface area (TPSA) is 46.9 Å². The van der Waals surface area contributed by atoms with Gasteiger partial charge in [-0.1, -0.05) is 37.0 Å². The molecule has 0 spiro atoms. The zero-order chi connectivity index (χ0) is 13.1. The van der Waals surface area contributed by atoms with Gasteiger partial charge in [0.25, 0.3) is 0 Å². The van der Waals surface area contributed by atoms with E-state index in [1.165, 1.54) is 6.33 Å². The average molecular weight is 299 g/mol. The largest absolute Gasteiger partial charge is 0.333 e. The van der Waals surface area contributed by atoms with E-state index in [9.17, 15) is 4.79 Å². The van der Waals surface area contributed by atoms with Crippen LogP contribution in [0, 0.1) is 5.92 Å². The number of hydrogen-bond donors (Lipinski definition) is 1. The van der Waals surface area contributed by atoms with Gasteiger partial charge in [-0.3, -0.25) is 4.79 Å². The highest BCUT2D eigenvalue weighted by molar-refractivity contribution is 6.51. The lowest BCUT2D eigenvalue weighted by Crippen LogP contribution is -2.44. The fourth-order valence-corrected chi connectivity index (χ4v) is 1.68. The van der Waals surface area contributed by atoms with Crippen LogP contribution in [0.2, 0.25) is 0 Å². The highest BCUT2D eigenvalue weighted by Crippen LogP contribution is 2.33. The summed E-state index contributed by atoms with van der Waals surface area (Å²) in [5, 5.41) is 2.75. The van der Waals surface area contributed by atoms with Crippen LogP contribution in [0.5, 0.6) is 0 Å². The Morgan fingerprint density at radius 1 is 1.53 bits per heavy atom. The first-order chi connectivity index (χ1) is 7.88. The van der Waals surface area contributed by atoms with E-state index >= 15 is 0 Å². The van der Waals surface area contributed by atoms with Crippen molar-refractivity contribution < 1.29 is 4.79 Å². The minimum absolute atomic E-state index is 0.0165. The third-order valence-corrected chi connectivity index (χ3v) is 3.58. The van der Waals surface area contributed by atoms with Crippen LogP contribution in [-0.4, -0.2) is 25.7 Å². The third kappa shape index (κ3) is 3.76. The Morgan fingerprint density at radius 2 is 2.18 bits per heavy atom. The van der Waals surface area contributed by atoms with E-state index in [0.29, 0.717) is 0 Å². The minimum atomic E-state index is -1.30. The van der Waals surface area contributed by atoms with Crippen molar-refractivity contribution in [3.8, 4) is 0 Å². The van der Waals surface area contributed by atoms with Gasteiger partial charge >= 0.3 is 0 Å². The second-order valence-electron chi connectivity index (χ2n) is 3.97. The van der Waals surface area contributed by atoms with Gasteiger partial charge in [0, 0.05) is 18.3 Å². The van der Waals surface area contributed by atoms with Crippen molar-refractivity contribution >= 4 is 40.7 Å². The van der Waals surface area contributed by atoms with Crippen LogP contribution in [0.1, 0.15) is 20.0 Å². The highest BCUT2D eigenvalue weighted by atomic mass is 35.5. The maximum Gasteiger partial charge on any atom is 0.224 e. The van der Waals surface area contributed by atoms with Gasteiger partial charge in [0.15, 0.2) is 4.33 Å². The fourth-order valence-electron chi connectivity index (χ4n) is 1.19. The van der Waals surface area contributed by atoms with Crippen LogP contribution in [-0.2, 0) is 4.79 Å². The summed E-state index contributed by atoms with van der Waals surface area (Å²) < 4.78 is 0.315. The van der Waals surface area contributed by atoms with Crippen molar-refractivity contribution in [1.82, 2.24) is 14.9 Å². The summed E-state index contributed by atoms with van der Waals surface area (Å²) in [5.41, 5.74) is 0. The maximum atomic E-state index is 11.7. The number of hydrogen-bond acceptors (Lipinski definition) is 2. The summed E-state index contributed by atoms with van der Waals surface area (Å²) in [4.78, 5) is 15.6. The first kappa shape index (κ1) is 14.6. The molecule has 0 aliphatic carbocycles. The van der Waals surface area contributed by atoms with E-state index in [0.717, 1.165) is 0 Å². The quantitative estimate of drug-likeness (QED) is 0.849. The molecule has 1 atom stereocenters. The molecule has 1 aromatic rings. The van der Waals surface area contributed by atoms with Crippen LogP contribution in [0.25, 0.3) is 0 Å². The molecule has 0 aromatic carbocycles. The number of halogens is 3. The summed E-state index contributed by atoms with van der Waals surface area (Å²) in [6, 6.07) is 0. The Balaban J connectivity index is 2.92. The number of imidazole rings is 1. The van der Waals surface area contributed by atoms with Gasteiger partial charge in [0.2, 0.25) is 5.91 Å². The molecule has 96 valence electrons. The van der Waals surface area contributed by atoms with Crippen LogP contribution >= 0.6 is 34.8 Å². The van der Waals surface area contributed by atoms with Crippen LogP contribution in [0.3, 0.4) is 0 Å². The van der Waals surface area contributed by atoms with E-state index in [2.05, 4.69) is 10.3 Å². The Labute approximate surface area is 115 Å². The summed E-state index contributed by atoms with van der Waals surface area (Å²) in [6.45, 7) is 3.57. The first-order valence-electron chi connectivity index (χ1n) is 5.10. The molecule has 1 N–H and O–H groups in total. The number of carbonyl (C=O) groups excluding carboxylic acids is 1. The lowest BCUT2D eigenvalue weighted by atomic mass is 10.2. The molecule has 4 nitrogen and oxygen atoms in total. The molecular weight excluding hydrogens is 284 g/mol. The number of amides is 1. The first-order valence-corrected chi connectivity index (χ1v) is 6.39. The maximum absolute atomic E-state index is 11.7. The van der Waals surface area contributed by atoms with Gasteiger partial charge < -0.3 is 9.88 Å². The van der Waals surface area contributed by atoms with Crippen molar-refractivity contribution in [3.05, 3.63) is 18.7 Å². The van der Waals surface area contributed by atoms with Gasteiger partial charge in [-0.05, 0) is 0 Å². The molecule has 1 unspecified atom stereocenters. The number of rotatable bonds is 5. The molecule has 1 heterocycles. The molecular formula is C10H14Cl3N3O. The van der Waals surface area contributed by atoms with Gasteiger partial charge in [0.1, 0.15) is 6.17 Å². The van der Waals surface area contributed by atoms with Crippen molar-refractivity contribution in [2.75, 3.05) is 5.88 Å². The lowest BCUT2D eigenvalue weighted by molar-refractivity contribution is -0.125. The fraction of sp³-hybridized carbons (Fsp3) is 0.600. The summed E-state index contributed by atoms with van der Waals surface area (Å²) in [7, 11) is 0. The van der Waals surface area contributed by atoms with Gasteiger partial charge in [-0.15, -0.1) is 11.6 Å². The number of alkyl halides is 3. The smallest absolute Gasteiger partial charge is 0.224 e. The van der Waals surface area contributed by atoms with Crippen molar-refractivity contribution in [2.45, 2.75) is 24.3 Å². The molecule has 0 bridgehead atoms. The van der Waals surface area contributed by atoms with E-state index in [4.69, 9.17) is 34.8 Å². The predicted molar refractivity (Wildman–Crippen MR) is 69.4 cm³/mol. The molecule has 1 rings (SSSR count). The normalized spacial score (nSPS) is 13.8. The van der Waals surface area contributed by atoms with Crippen molar-refractivity contribution in [2.24, 2.45) is 5.92 Å². The Bertz CT molecular complexity index is 365. The van der Waals surface area contributed by atoms with Crippen LogP contribution < -0.4 is 5.32 Å². The Hall–Kier alpha value is -0.450. The third-order valence-electron chi connectivity index (χ3n) is 2.20. The monoisotopic (exact) mass is 297 g/mol. The SMILES string of the molecule is CC(C)C(=O)NC(n1ccnc1)C(Cl)(Cl)CCl.